The molecule has 1 aliphatic heterocycles. The van der Waals surface area contributed by atoms with Gasteiger partial charge >= 0.3 is 0 Å². The van der Waals surface area contributed by atoms with Crippen molar-refractivity contribution in [1.29, 1.82) is 0 Å². The highest BCUT2D eigenvalue weighted by Gasteiger charge is 2.25. The van der Waals surface area contributed by atoms with Crippen LogP contribution in [0.2, 0.25) is 0 Å². The number of fused-ring (bicyclic) bond motifs is 1. The first-order valence-electron chi connectivity index (χ1n) is 5.46. The van der Waals surface area contributed by atoms with Gasteiger partial charge in [0.2, 0.25) is 0 Å². The number of thioether (sulfide) groups is 1. The zero-order valence-electron chi connectivity index (χ0n) is 9.09. The smallest absolute Gasteiger partial charge is 0.253 e. The predicted octanol–water partition coefficient (Wildman–Crippen LogP) is 3.22. The van der Waals surface area contributed by atoms with Gasteiger partial charge in [0.25, 0.3) is 5.91 Å². The van der Waals surface area contributed by atoms with E-state index in [0.29, 0.717) is 0 Å². The van der Waals surface area contributed by atoms with Gasteiger partial charge in [-0.2, -0.15) is 0 Å². The summed E-state index contributed by atoms with van der Waals surface area (Å²) in [6.07, 6.45) is 0. The van der Waals surface area contributed by atoms with Crippen molar-refractivity contribution in [2.24, 2.45) is 0 Å². The van der Waals surface area contributed by atoms with Crippen LogP contribution < -0.4 is 5.32 Å². The topological polar surface area (TPSA) is 29.1 Å². The summed E-state index contributed by atoms with van der Waals surface area (Å²) in [4.78, 5) is 13.0. The molecule has 17 heavy (non-hydrogen) atoms. The van der Waals surface area contributed by atoms with E-state index in [1.54, 1.807) is 11.8 Å². The molecule has 0 radical (unpaired) electrons. The molecule has 0 aliphatic carbocycles. The highest BCUT2D eigenvalue weighted by atomic mass is 32.2. The van der Waals surface area contributed by atoms with E-state index in [2.05, 4.69) is 5.32 Å². The fourth-order valence-corrected chi connectivity index (χ4v) is 3.05. The van der Waals surface area contributed by atoms with E-state index in [0.717, 1.165) is 16.0 Å². The normalized spacial score (nSPS) is 18.4. The summed E-state index contributed by atoms with van der Waals surface area (Å²) in [7, 11) is 0. The number of carbonyl (C=O) groups excluding carboxylic acids is 1. The van der Waals surface area contributed by atoms with Crippen molar-refractivity contribution in [2.75, 3.05) is 0 Å². The first-order valence-corrected chi connectivity index (χ1v) is 6.34. The van der Waals surface area contributed by atoms with Gasteiger partial charge in [0.1, 0.15) is 5.37 Å². The van der Waals surface area contributed by atoms with Gasteiger partial charge in [-0.25, -0.2) is 0 Å². The van der Waals surface area contributed by atoms with Crippen LogP contribution >= 0.6 is 11.8 Å². The summed E-state index contributed by atoms with van der Waals surface area (Å²) in [5.74, 6) is 0.00760. The third-order valence-corrected chi connectivity index (χ3v) is 3.98. The van der Waals surface area contributed by atoms with E-state index >= 15 is 0 Å². The summed E-state index contributed by atoms with van der Waals surface area (Å²) in [6, 6.07) is 17.7. The van der Waals surface area contributed by atoms with Gasteiger partial charge in [-0.15, -0.1) is 0 Å². The number of nitrogens with one attached hydrogen (secondary N) is 1. The molecule has 1 amide bonds. The molecule has 1 aliphatic rings. The second-order valence-electron chi connectivity index (χ2n) is 3.88. The van der Waals surface area contributed by atoms with E-state index < -0.39 is 0 Å². The third kappa shape index (κ3) is 1.94. The zero-order valence-corrected chi connectivity index (χ0v) is 9.91. The lowest BCUT2D eigenvalue weighted by molar-refractivity contribution is 0.0943. The Hall–Kier alpha value is -1.74. The second kappa shape index (κ2) is 4.26. The number of amides is 1. The molecule has 0 aromatic heterocycles. The van der Waals surface area contributed by atoms with Crippen LogP contribution in [0.15, 0.2) is 59.5 Å². The molecule has 0 bridgehead atoms. The summed E-state index contributed by atoms with van der Waals surface area (Å²) in [5.41, 5.74) is 1.89. The molecule has 0 spiro atoms. The van der Waals surface area contributed by atoms with Crippen molar-refractivity contribution < 1.29 is 4.79 Å². The highest BCUT2D eigenvalue weighted by molar-refractivity contribution is 7.99. The molecule has 84 valence electrons. The molecule has 2 nitrogen and oxygen atoms in total. The van der Waals surface area contributed by atoms with Crippen molar-refractivity contribution in [2.45, 2.75) is 10.3 Å². The molecule has 1 N–H and O–H groups in total. The molecule has 0 fully saturated rings. The van der Waals surface area contributed by atoms with Crippen LogP contribution in [-0.4, -0.2) is 5.91 Å². The Morgan fingerprint density at radius 1 is 0.941 bits per heavy atom. The van der Waals surface area contributed by atoms with E-state index in [1.807, 2.05) is 54.6 Å². The molecule has 1 heterocycles. The minimum absolute atomic E-state index is 0.00760. The van der Waals surface area contributed by atoms with Crippen LogP contribution in [0.4, 0.5) is 0 Å². The number of hydrogen-bond acceptors (Lipinski definition) is 2. The van der Waals surface area contributed by atoms with Crippen LogP contribution in [0.3, 0.4) is 0 Å². The van der Waals surface area contributed by atoms with Crippen molar-refractivity contribution in [3.05, 3.63) is 65.7 Å². The predicted molar refractivity (Wildman–Crippen MR) is 68.9 cm³/mol. The lowest BCUT2D eigenvalue weighted by atomic mass is 10.2. The molecular formula is C14H11NOS. The van der Waals surface area contributed by atoms with Crippen molar-refractivity contribution >= 4 is 17.7 Å². The van der Waals surface area contributed by atoms with Crippen molar-refractivity contribution in [3.63, 3.8) is 0 Å². The Labute approximate surface area is 104 Å². The number of carbonyl (C=O) groups is 1. The summed E-state index contributed by atoms with van der Waals surface area (Å²) in [6.45, 7) is 0. The van der Waals surface area contributed by atoms with Crippen LogP contribution in [0.1, 0.15) is 21.3 Å². The molecule has 0 saturated heterocycles. The van der Waals surface area contributed by atoms with Crippen molar-refractivity contribution in [1.82, 2.24) is 5.32 Å². The summed E-state index contributed by atoms with van der Waals surface area (Å²) < 4.78 is 0. The first-order chi connectivity index (χ1) is 8.34. The Morgan fingerprint density at radius 2 is 1.65 bits per heavy atom. The Morgan fingerprint density at radius 3 is 2.47 bits per heavy atom. The first kappa shape index (κ1) is 10.4. The minimum atomic E-state index is 0.00760. The molecule has 3 heteroatoms. The standard InChI is InChI=1S/C14H11NOS/c16-13-11-8-4-5-9-12(11)17-14(15-13)10-6-2-1-3-7-10/h1-9,14H,(H,15,16). The number of hydrogen-bond donors (Lipinski definition) is 1. The van der Waals surface area contributed by atoms with Crippen molar-refractivity contribution in [3.8, 4) is 0 Å². The van der Waals surface area contributed by atoms with E-state index in [-0.39, 0.29) is 11.3 Å². The fourth-order valence-electron chi connectivity index (χ4n) is 1.89. The Kier molecular flexibility index (Phi) is 2.61. The second-order valence-corrected chi connectivity index (χ2v) is 5.03. The maximum Gasteiger partial charge on any atom is 0.253 e. The molecule has 2 aromatic carbocycles. The Bertz CT molecular complexity index is 553. The van der Waals surface area contributed by atoms with Gasteiger partial charge in [-0.3, -0.25) is 4.79 Å². The van der Waals surface area contributed by atoms with E-state index in [1.165, 1.54) is 0 Å². The largest absolute Gasteiger partial charge is 0.336 e. The maximum absolute atomic E-state index is 11.9. The van der Waals surface area contributed by atoms with E-state index in [4.69, 9.17) is 0 Å². The van der Waals surface area contributed by atoms with Gasteiger partial charge in [0, 0.05) is 4.90 Å². The quantitative estimate of drug-likeness (QED) is 0.830. The number of benzene rings is 2. The number of rotatable bonds is 1. The van der Waals surface area contributed by atoms with Gasteiger partial charge in [0.05, 0.1) is 5.56 Å². The monoisotopic (exact) mass is 241 g/mol. The molecule has 1 unspecified atom stereocenters. The summed E-state index contributed by atoms with van der Waals surface area (Å²) >= 11 is 1.68. The highest BCUT2D eigenvalue weighted by Crippen LogP contribution is 2.38. The van der Waals surface area contributed by atoms with Crippen LogP contribution in [0.25, 0.3) is 0 Å². The van der Waals surface area contributed by atoms with Crippen LogP contribution in [-0.2, 0) is 0 Å². The van der Waals surface area contributed by atoms with Gasteiger partial charge < -0.3 is 5.32 Å². The SMILES string of the molecule is O=C1NC(c2ccccc2)Sc2ccccc21. The zero-order chi connectivity index (χ0) is 11.7. The molecule has 2 aromatic rings. The van der Waals surface area contributed by atoms with Gasteiger partial charge in [-0.1, -0.05) is 54.2 Å². The molecule has 0 saturated carbocycles. The Balaban J connectivity index is 1.97. The average Bonchev–Trinajstić information content (AvgIpc) is 2.40. The van der Waals surface area contributed by atoms with Crippen LogP contribution in [0, 0.1) is 0 Å². The lowest BCUT2D eigenvalue weighted by Crippen LogP contribution is -2.30. The van der Waals surface area contributed by atoms with Gasteiger partial charge in [-0.05, 0) is 17.7 Å². The molecule has 3 rings (SSSR count). The average molecular weight is 241 g/mol. The van der Waals surface area contributed by atoms with Crippen LogP contribution in [0.5, 0.6) is 0 Å². The summed E-state index contributed by atoms with van der Waals surface area (Å²) in [5, 5.41) is 3.03. The third-order valence-electron chi connectivity index (χ3n) is 2.74. The molecular weight excluding hydrogens is 230 g/mol. The lowest BCUT2D eigenvalue weighted by Gasteiger charge is -2.25. The van der Waals surface area contributed by atoms with E-state index in [9.17, 15) is 4.79 Å². The molecule has 1 atom stereocenters. The maximum atomic E-state index is 11.9. The van der Waals surface area contributed by atoms with Gasteiger partial charge in [0.15, 0.2) is 0 Å². The minimum Gasteiger partial charge on any atom is -0.336 e. The fraction of sp³-hybridized carbons (Fsp3) is 0.0714.